The molecule has 0 heterocycles. The van der Waals surface area contributed by atoms with E-state index in [1.54, 1.807) is 38.1 Å². The Morgan fingerprint density at radius 2 is 1.52 bits per heavy atom. The number of benzene rings is 2. The van der Waals surface area contributed by atoms with Crippen molar-refractivity contribution in [2.45, 2.75) is 32.6 Å². The number of amides is 1. The Hall–Kier alpha value is -2.45. The Labute approximate surface area is 165 Å². The van der Waals surface area contributed by atoms with E-state index in [1.165, 1.54) is 12.1 Å². The lowest BCUT2D eigenvalue weighted by molar-refractivity contribution is -0.122. The van der Waals surface area contributed by atoms with Crippen LogP contribution in [0.15, 0.2) is 47.4 Å². The van der Waals surface area contributed by atoms with Crippen molar-refractivity contribution in [3.8, 4) is 0 Å². The molecule has 0 atom stereocenters. The SMILES string of the molecule is Cc1cc(C)cc(NS(=O)(=O)c2ccc(NC(=S)NC(=O)C(C)C)cc2)c1. The molecule has 0 spiro atoms. The van der Waals surface area contributed by atoms with Gasteiger partial charge in [0.1, 0.15) is 0 Å². The van der Waals surface area contributed by atoms with Crippen LogP contribution in [0.3, 0.4) is 0 Å². The largest absolute Gasteiger partial charge is 0.332 e. The zero-order valence-corrected chi connectivity index (χ0v) is 17.3. The lowest BCUT2D eigenvalue weighted by atomic mass is 10.1. The van der Waals surface area contributed by atoms with Crippen LogP contribution in [0.25, 0.3) is 0 Å². The highest BCUT2D eigenvalue weighted by Crippen LogP contribution is 2.20. The third-order valence-electron chi connectivity index (χ3n) is 3.66. The van der Waals surface area contributed by atoms with Crippen LogP contribution in [0.4, 0.5) is 11.4 Å². The molecule has 0 aliphatic carbocycles. The van der Waals surface area contributed by atoms with E-state index in [0.717, 1.165) is 11.1 Å². The highest BCUT2D eigenvalue weighted by Gasteiger charge is 2.15. The van der Waals surface area contributed by atoms with Gasteiger partial charge < -0.3 is 10.6 Å². The van der Waals surface area contributed by atoms with Gasteiger partial charge in [0.25, 0.3) is 10.0 Å². The summed E-state index contributed by atoms with van der Waals surface area (Å²) in [6.45, 7) is 7.35. The van der Waals surface area contributed by atoms with E-state index in [2.05, 4.69) is 15.4 Å². The topological polar surface area (TPSA) is 87.3 Å². The molecule has 0 fully saturated rings. The van der Waals surface area contributed by atoms with Crippen molar-refractivity contribution in [1.29, 1.82) is 0 Å². The summed E-state index contributed by atoms with van der Waals surface area (Å²) >= 11 is 5.08. The Morgan fingerprint density at radius 3 is 2.04 bits per heavy atom. The van der Waals surface area contributed by atoms with E-state index < -0.39 is 10.0 Å². The number of sulfonamides is 1. The Kier molecular flexibility index (Phi) is 6.56. The summed E-state index contributed by atoms with van der Waals surface area (Å²) in [5, 5.41) is 5.59. The summed E-state index contributed by atoms with van der Waals surface area (Å²) in [6, 6.07) is 11.6. The Balaban J connectivity index is 2.09. The maximum Gasteiger partial charge on any atom is 0.261 e. The molecule has 2 rings (SSSR count). The number of aryl methyl sites for hydroxylation is 2. The molecule has 0 aliphatic heterocycles. The van der Waals surface area contributed by atoms with Crippen LogP contribution in [0, 0.1) is 19.8 Å². The van der Waals surface area contributed by atoms with Crippen molar-refractivity contribution < 1.29 is 13.2 Å². The molecule has 6 nitrogen and oxygen atoms in total. The molecule has 144 valence electrons. The van der Waals surface area contributed by atoms with Crippen LogP contribution >= 0.6 is 12.2 Å². The first kappa shape index (κ1) is 20.9. The van der Waals surface area contributed by atoms with Crippen molar-refractivity contribution in [3.05, 3.63) is 53.6 Å². The van der Waals surface area contributed by atoms with Gasteiger partial charge in [-0.2, -0.15) is 0 Å². The van der Waals surface area contributed by atoms with Crippen LogP contribution in [-0.4, -0.2) is 19.4 Å². The van der Waals surface area contributed by atoms with Gasteiger partial charge in [-0.3, -0.25) is 9.52 Å². The number of rotatable bonds is 5. The second-order valence-corrected chi connectivity index (χ2v) is 8.69. The summed E-state index contributed by atoms with van der Waals surface area (Å²) in [4.78, 5) is 11.8. The van der Waals surface area contributed by atoms with Crippen LogP contribution in [0.2, 0.25) is 0 Å². The second kappa shape index (κ2) is 8.49. The zero-order chi connectivity index (χ0) is 20.2. The number of hydrogen-bond acceptors (Lipinski definition) is 4. The van der Waals surface area contributed by atoms with E-state index in [-0.39, 0.29) is 21.8 Å². The van der Waals surface area contributed by atoms with Gasteiger partial charge in [0, 0.05) is 17.3 Å². The highest BCUT2D eigenvalue weighted by molar-refractivity contribution is 7.92. The maximum absolute atomic E-state index is 12.6. The van der Waals surface area contributed by atoms with Crippen molar-refractivity contribution in [3.63, 3.8) is 0 Å². The minimum Gasteiger partial charge on any atom is -0.332 e. The molecule has 3 N–H and O–H groups in total. The van der Waals surface area contributed by atoms with Gasteiger partial charge in [-0.1, -0.05) is 19.9 Å². The molecule has 1 amide bonds. The lowest BCUT2D eigenvalue weighted by Crippen LogP contribution is -2.36. The number of anilines is 2. The van der Waals surface area contributed by atoms with Gasteiger partial charge in [-0.15, -0.1) is 0 Å². The molecule has 0 saturated carbocycles. The number of carbonyl (C=O) groups is 1. The number of carbonyl (C=O) groups excluding carboxylic acids is 1. The predicted molar refractivity (Wildman–Crippen MR) is 112 cm³/mol. The summed E-state index contributed by atoms with van der Waals surface area (Å²) in [5.74, 6) is -0.377. The smallest absolute Gasteiger partial charge is 0.261 e. The minimum absolute atomic E-state index is 0.129. The molecule has 0 saturated heterocycles. The lowest BCUT2D eigenvalue weighted by Gasteiger charge is -2.12. The minimum atomic E-state index is -3.70. The summed E-state index contributed by atoms with van der Waals surface area (Å²) in [6.07, 6.45) is 0. The van der Waals surface area contributed by atoms with E-state index in [0.29, 0.717) is 11.4 Å². The molecule has 0 aliphatic rings. The molecule has 0 unspecified atom stereocenters. The second-order valence-electron chi connectivity index (χ2n) is 6.60. The predicted octanol–water partition coefficient (Wildman–Crippen LogP) is 3.57. The monoisotopic (exact) mass is 405 g/mol. The summed E-state index contributed by atoms with van der Waals surface area (Å²) < 4.78 is 27.7. The van der Waals surface area contributed by atoms with Crippen LogP contribution < -0.4 is 15.4 Å². The first-order valence-electron chi connectivity index (χ1n) is 8.40. The number of hydrogen-bond donors (Lipinski definition) is 3. The van der Waals surface area contributed by atoms with Crippen molar-refractivity contribution >= 4 is 44.6 Å². The van der Waals surface area contributed by atoms with E-state index >= 15 is 0 Å². The maximum atomic E-state index is 12.6. The van der Waals surface area contributed by atoms with Crippen LogP contribution in [0.5, 0.6) is 0 Å². The van der Waals surface area contributed by atoms with E-state index in [1.807, 2.05) is 19.9 Å². The van der Waals surface area contributed by atoms with Crippen molar-refractivity contribution in [2.24, 2.45) is 5.92 Å². The Morgan fingerprint density at radius 1 is 0.963 bits per heavy atom. The average Bonchev–Trinajstić information content (AvgIpc) is 2.53. The standard InChI is InChI=1S/C19H23N3O3S2/c1-12(2)18(23)21-19(26)20-15-5-7-17(8-6-15)27(24,25)22-16-10-13(3)9-14(4)11-16/h5-12,22H,1-4H3,(H2,20,21,23,26). The number of nitrogens with one attached hydrogen (secondary N) is 3. The fraction of sp³-hybridized carbons (Fsp3) is 0.263. The fourth-order valence-corrected chi connectivity index (χ4v) is 3.64. The summed E-state index contributed by atoms with van der Waals surface area (Å²) in [5.41, 5.74) is 3.05. The molecular weight excluding hydrogens is 382 g/mol. The van der Waals surface area contributed by atoms with Gasteiger partial charge in [-0.25, -0.2) is 8.42 Å². The Bertz CT molecular complexity index is 932. The molecular formula is C19H23N3O3S2. The molecule has 0 bridgehead atoms. The third kappa shape index (κ3) is 6.04. The zero-order valence-electron chi connectivity index (χ0n) is 15.7. The average molecular weight is 406 g/mol. The normalized spacial score (nSPS) is 11.1. The fourth-order valence-electron chi connectivity index (χ4n) is 2.38. The van der Waals surface area contributed by atoms with Crippen LogP contribution in [-0.2, 0) is 14.8 Å². The third-order valence-corrected chi connectivity index (χ3v) is 5.26. The molecule has 2 aromatic carbocycles. The number of thiocarbonyl (C=S) groups is 1. The van der Waals surface area contributed by atoms with Gasteiger partial charge in [-0.05, 0) is 73.6 Å². The van der Waals surface area contributed by atoms with Crippen LogP contribution in [0.1, 0.15) is 25.0 Å². The molecule has 0 radical (unpaired) electrons. The van der Waals surface area contributed by atoms with Crippen molar-refractivity contribution in [1.82, 2.24) is 5.32 Å². The van der Waals surface area contributed by atoms with E-state index in [4.69, 9.17) is 12.2 Å². The molecule has 2 aromatic rings. The van der Waals surface area contributed by atoms with Crippen molar-refractivity contribution in [2.75, 3.05) is 10.0 Å². The van der Waals surface area contributed by atoms with Gasteiger partial charge in [0.05, 0.1) is 4.90 Å². The first-order chi connectivity index (χ1) is 12.6. The molecule has 0 aromatic heterocycles. The first-order valence-corrected chi connectivity index (χ1v) is 10.3. The highest BCUT2D eigenvalue weighted by atomic mass is 32.2. The van der Waals surface area contributed by atoms with E-state index in [9.17, 15) is 13.2 Å². The van der Waals surface area contributed by atoms with Gasteiger partial charge in [0.15, 0.2) is 5.11 Å². The quantitative estimate of drug-likeness (QED) is 0.662. The van der Waals surface area contributed by atoms with Gasteiger partial charge in [0.2, 0.25) is 5.91 Å². The molecule has 8 heteroatoms. The molecule has 27 heavy (non-hydrogen) atoms. The summed E-state index contributed by atoms with van der Waals surface area (Å²) in [7, 11) is -3.70. The van der Waals surface area contributed by atoms with Gasteiger partial charge >= 0.3 is 0 Å².